The molecule has 1 heterocycles. The Bertz CT molecular complexity index is 354. The van der Waals surface area contributed by atoms with Crippen molar-refractivity contribution in [3.63, 3.8) is 0 Å². The summed E-state index contributed by atoms with van der Waals surface area (Å²) in [6.07, 6.45) is 1.50. The van der Waals surface area contributed by atoms with Crippen LogP contribution in [0.25, 0.3) is 0 Å². The van der Waals surface area contributed by atoms with Crippen LogP contribution in [-0.4, -0.2) is 19.2 Å². The predicted molar refractivity (Wildman–Crippen MR) is 67.2 cm³/mol. The molecule has 0 bridgehead atoms. The van der Waals surface area contributed by atoms with Crippen molar-refractivity contribution in [3.8, 4) is 5.75 Å². The molecule has 0 aromatic heterocycles. The van der Waals surface area contributed by atoms with Crippen LogP contribution in [-0.2, 0) is 0 Å². The summed E-state index contributed by atoms with van der Waals surface area (Å²) in [5.74, 6) is 1.71. The van der Waals surface area contributed by atoms with Crippen LogP contribution in [0.1, 0.15) is 37.3 Å². The van der Waals surface area contributed by atoms with Crippen molar-refractivity contribution in [1.29, 1.82) is 0 Å². The van der Waals surface area contributed by atoms with Gasteiger partial charge in [0.2, 0.25) is 0 Å². The van der Waals surface area contributed by atoms with E-state index in [1.165, 1.54) is 17.5 Å². The first-order chi connectivity index (χ1) is 7.66. The first-order valence-corrected chi connectivity index (χ1v) is 6.14. The van der Waals surface area contributed by atoms with Crippen LogP contribution in [0.2, 0.25) is 0 Å². The van der Waals surface area contributed by atoms with E-state index >= 15 is 0 Å². The number of benzene rings is 1. The lowest BCUT2D eigenvalue weighted by Gasteiger charge is -2.15. The lowest BCUT2D eigenvalue weighted by molar-refractivity contribution is 0.240. The molecule has 0 spiro atoms. The molecule has 1 aromatic rings. The van der Waals surface area contributed by atoms with E-state index in [4.69, 9.17) is 4.74 Å². The van der Waals surface area contributed by atoms with Crippen molar-refractivity contribution in [2.45, 2.75) is 39.2 Å². The first kappa shape index (κ1) is 11.5. The van der Waals surface area contributed by atoms with E-state index in [1.807, 2.05) is 0 Å². The number of hydrogen-bond donors (Lipinski definition) is 1. The van der Waals surface area contributed by atoms with Crippen molar-refractivity contribution in [2.24, 2.45) is 0 Å². The van der Waals surface area contributed by atoms with Gasteiger partial charge in [-0.1, -0.05) is 12.1 Å². The Morgan fingerprint density at radius 3 is 2.75 bits per heavy atom. The van der Waals surface area contributed by atoms with E-state index in [1.54, 1.807) is 0 Å². The molecular formula is C14H21NO. The lowest BCUT2D eigenvalue weighted by Crippen LogP contribution is -2.09. The highest BCUT2D eigenvalue weighted by Gasteiger charge is 2.17. The van der Waals surface area contributed by atoms with Gasteiger partial charge in [-0.15, -0.1) is 0 Å². The Morgan fingerprint density at radius 1 is 1.38 bits per heavy atom. The zero-order valence-electron chi connectivity index (χ0n) is 10.4. The molecule has 2 rings (SSSR count). The molecule has 1 atom stereocenters. The Hall–Kier alpha value is -1.02. The Morgan fingerprint density at radius 2 is 2.19 bits per heavy atom. The average molecular weight is 219 g/mol. The molecule has 1 N–H and O–H groups in total. The van der Waals surface area contributed by atoms with Crippen LogP contribution in [0.3, 0.4) is 0 Å². The monoisotopic (exact) mass is 219 g/mol. The summed E-state index contributed by atoms with van der Waals surface area (Å²) in [6.45, 7) is 8.52. The molecule has 88 valence electrons. The fraction of sp³-hybridized carbons (Fsp3) is 0.571. The van der Waals surface area contributed by atoms with E-state index in [9.17, 15) is 0 Å². The summed E-state index contributed by atoms with van der Waals surface area (Å²) in [5, 5.41) is 3.41. The van der Waals surface area contributed by atoms with Gasteiger partial charge in [0.25, 0.3) is 0 Å². The summed E-state index contributed by atoms with van der Waals surface area (Å²) < 4.78 is 5.75. The van der Waals surface area contributed by atoms with Crippen molar-refractivity contribution >= 4 is 0 Å². The Kier molecular flexibility index (Phi) is 3.49. The highest BCUT2D eigenvalue weighted by Crippen LogP contribution is 2.27. The van der Waals surface area contributed by atoms with Crippen LogP contribution in [0.15, 0.2) is 18.2 Å². The second kappa shape index (κ2) is 4.88. The molecule has 16 heavy (non-hydrogen) atoms. The van der Waals surface area contributed by atoms with Crippen LogP contribution in [0.4, 0.5) is 0 Å². The highest BCUT2D eigenvalue weighted by molar-refractivity contribution is 5.38. The Balaban J connectivity index is 2.15. The predicted octanol–water partition coefficient (Wildman–Crippen LogP) is 2.86. The first-order valence-electron chi connectivity index (χ1n) is 6.14. The van der Waals surface area contributed by atoms with Gasteiger partial charge in [-0.25, -0.2) is 0 Å². The van der Waals surface area contributed by atoms with Crippen LogP contribution < -0.4 is 10.1 Å². The average Bonchev–Trinajstić information content (AvgIpc) is 2.73. The molecule has 0 radical (unpaired) electrons. The number of rotatable bonds is 3. The maximum atomic E-state index is 5.75. The van der Waals surface area contributed by atoms with Gasteiger partial charge in [0.05, 0.1) is 6.10 Å². The van der Waals surface area contributed by atoms with Crippen molar-refractivity contribution < 1.29 is 4.74 Å². The minimum absolute atomic E-state index is 0.248. The standard InChI is InChI=1S/C14H21NO/c1-10(2)16-14-5-4-12(8-11(14)3)13-6-7-15-9-13/h4-5,8,10,13,15H,6-7,9H2,1-3H3. The number of aryl methyl sites for hydroxylation is 1. The van der Waals surface area contributed by atoms with Gasteiger partial charge in [0.1, 0.15) is 5.75 Å². The largest absolute Gasteiger partial charge is 0.491 e. The molecule has 0 aliphatic carbocycles. The molecule has 1 fully saturated rings. The second-order valence-corrected chi connectivity index (χ2v) is 4.88. The van der Waals surface area contributed by atoms with E-state index in [0.717, 1.165) is 18.8 Å². The minimum Gasteiger partial charge on any atom is -0.491 e. The Labute approximate surface area is 98.0 Å². The summed E-state index contributed by atoms with van der Waals surface area (Å²) in [6, 6.07) is 6.60. The molecule has 1 aliphatic rings. The van der Waals surface area contributed by atoms with Gasteiger partial charge in [0, 0.05) is 6.54 Å². The smallest absolute Gasteiger partial charge is 0.122 e. The third kappa shape index (κ3) is 2.56. The molecule has 0 saturated carbocycles. The molecule has 1 unspecified atom stereocenters. The summed E-state index contributed by atoms with van der Waals surface area (Å²) in [5.41, 5.74) is 2.69. The van der Waals surface area contributed by atoms with Gasteiger partial charge < -0.3 is 10.1 Å². The minimum atomic E-state index is 0.248. The zero-order valence-corrected chi connectivity index (χ0v) is 10.4. The maximum absolute atomic E-state index is 5.75. The summed E-state index contributed by atoms with van der Waals surface area (Å²) in [7, 11) is 0. The molecule has 2 nitrogen and oxygen atoms in total. The highest BCUT2D eigenvalue weighted by atomic mass is 16.5. The second-order valence-electron chi connectivity index (χ2n) is 4.88. The fourth-order valence-electron chi connectivity index (χ4n) is 2.25. The van der Waals surface area contributed by atoms with E-state index in [-0.39, 0.29) is 6.10 Å². The summed E-state index contributed by atoms with van der Waals surface area (Å²) in [4.78, 5) is 0. The van der Waals surface area contributed by atoms with Crippen LogP contribution in [0.5, 0.6) is 5.75 Å². The summed E-state index contributed by atoms with van der Waals surface area (Å²) >= 11 is 0. The van der Waals surface area contributed by atoms with Gasteiger partial charge in [0.15, 0.2) is 0 Å². The van der Waals surface area contributed by atoms with Crippen LogP contribution in [0, 0.1) is 6.92 Å². The number of hydrogen-bond acceptors (Lipinski definition) is 2. The normalized spacial score (nSPS) is 20.4. The van der Waals surface area contributed by atoms with Gasteiger partial charge >= 0.3 is 0 Å². The molecular weight excluding hydrogens is 198 g/mol. The lowest BCUT2D eigenvalue weighted by atomic mass is 9.96. The third-order valence-electron chi connectivity index (χ3n) is 3.09. The van der Waals surface area contributed by atoms with Gasteiger partial charge in [-0.2, -0.15) is 0 Å². The molecule has 1 aliphatic heterocycles. The molecule has 2 heteroatoms. The van der Waals surface area contributed by atoms with E-state index < -0.39 is 0 Å². The SMILES string of the molecule is Cc1cc(C2CCNC2)ccc1OC(C)C. The van der Waals surface area contributed by atoms with Gasteiger partial charge in [-0.3, -0.25) is 0 Å². The molecule has 1 aromatic carbocycles. The van der Waals surface area contributed by atoms with Crippen molar-refractivity contribution in [2.75, 3.05) is 13.1 Å². The molecule has 1 saturated heterocycles. The van der Waals surface area contributed by atoms with Crippen molar-refractivity contribution in [1.82, 2.24) is 5.32 Å². The third-order valence-corrected chi connectivity index (χ3v) is 3.09. The van der Waals surface area contributed by atoms with E-state index in [2.05, 4.69) is 44.3 Å². The molecule has 0 amide bonds. The maximum Gasteiger partial charge on any atom is 0.122 e. The fourth-order valence-corrected chi connectivity index (χ4v) is 2.25. The van der Waals surface area contributed by atoms with Crippen molar-refractivity contribution in [3.05, 3.63) is 29.3 Å². The topological polar surface area (TPSA) is 21.3 Å². The number of nitrogens with one attached hydrogen (secondary N) is 1. The number of ether oxygens (including phenoxy) is 1. The zero-order chi connectivity index (χ0) is 11.5. The van der Waals surface area contributed by atoms with Gasteiger partial charge in [-0.05, 0) is 56.8 Å². The van der Waals surface area contributed by atoms with Crippen LogP contribution >= 0.6 is 0 Å². The quantitative estimate of drug-likeness (QED) is 0.844. The van der Waals surface area contributed by atoms with E-state index in [0.29, 0.717) is 5.92 Å².